The highest BCUT2D eigenvalue weighted by molar-refractivity contribution is 7.90. The van der Waals surface area contributed by atoms with Gasteiger partial charge < -0.3 is 10.5 Å². The standard InChI is InChI=1S/C10H15N3O3S/c11-10-8-2-4-17(14,15)6-9(8)13(12-10)7-1-3-16-5-7/h7H,1-6H2,(H2,11,12). The lowest BCUT2D eigenvalue weighted by Crippen LogP contribution is -2.23. The van der Waals surface area contributed by atoms with Gasteiger partial charge in [0, 0.05) is 12.2 Å². The molecule has 2 aliphatic rings. The Morgan fingerprint density at radius 2 is 2.29 bits per heavy atom. The number of hydrogen-bond acceptors (Lipinski definition) is 5. The molecular weight excluding hydrogens is 242 g/mol. The summed E-state index contributed by atoms with van der Waals surface area (Å²) in [7, 11) is -2.99. The predicted octanol–water partition coefficient (Wildman–Crippen LogP) is -0.102. The van der Waals surface area contributed by atoms with Gasteiger partial charge in [-0.3, -0.25) is 4.68 Å². The van der Waals surface area contributed by atoms with Crippen molar-refractivity contribution in [1.29, 1.82) is 0 Å². The number of fused-ring (bicyclic) bond motifs is 1. The number of rotatable bonds is 1. The third-order valence-corrected chi connectivity index (χ3v) is 4.96. The molecule has 3 heterocycles. The average Bonchev–Trinajstić information content (AvgIpc) is 2.85. The summed E-state index contributed by atoms with van der Waals surface area (Å²) < 4.78 is 30.4. The number of ether oxygens (including phenoxy) is 1. The molecule has 1 fully saturated rings. The van der Waals surface area contributed by atoms with Crippen LogP contribution in [0.25, 0.3) is 0 Å². The van der Waals surface area contributed by atoms with E-state index in [9.17, 15) is 8.42 Å². The van der Waals surface area contributed by atoms with Gasteiger partial charge in [0.1, 0.15) is 5.82 Å². The summed E-state index contributed by atoms with van der Waals surface area (Å²) in [6, 6.07) is 0.134. The van der Waals surface area contributed by atoms with Crippen LogP contribution in [0.5, 0.6) is 0 Å². The first kappa shape index (κ1) is 11.0. The maximum absolute atomic E-state index is 11.7. The second-order valence-electron chi connectivity index (χ2n) is 4.61. The fourth-order valence-electron chi connectivity index (χ4n) is 2.50. The number of sulfone groups is 1. The zero-order valence-corrected chi connectivity index (χ0v) is 10.2. The van der Waals surface area contributed by atoms with Crippen LogP contribution in [0.15, 0.2) is 0 Å². The van der Waals surface area contributed by atoms with E-state index in [0.717, 1.165) is 17.7 Å². The number of nitrogens with two attached hydrogens (primary N) is 1. The van der Waals surface area contributed by atoms with Crippen molar-refractivity contribution in [3.05, 3.63) is 11.3 Å². The Kier molecular flexibility index (Phi) is 2.41. The molecule has 94 valence electrons. The van der Waals surface area contributed by atoms with Crippen LogP contribution < -0.4 is 5.73 Å². The smallest absolute Gasteiger partial charge is 0.156 e. The molecule has 1 unspecified atom stereocenters. The SMILES string of the molecule is Nc1nn(C2CCOC2)c2c1CCS(=O)(=O)C2. The molecule has 3 rings (SSSR count). The van der Waals surface area contributed by atoms with Crippen LogP contribution in [0, 0.1) is 0 Å². The van der Waals surface area contributed by atoms with Crippen LogP contribution in [0.3, 0.4) is 0 Å². The molecule has 0 radical (unpaired) electrons. The van der Waals surface area contributed by atoms with Crippen molar-refractivity contribution >= 4 is 15.7 Å². The van der Waals surface area contributed by atoms with Gasteiger partial charge in [0.2, 0.25) is 0 Å². The highest BCUT2D eigenvalue weighted by atomic mass is 32.2. The number of hydrogen-bond donors (Lipinski definition) is 1. The van der Waals surface area contributed by atoms with Gasteiger partial charge in [-0.1, -0.05) is 0 Å². The van der Waals surface area contributed by atoms with E-state index < -0.39 is 9.84 Å². The van der Waals surface area contributed by atoms with Gasteiger partial charge in [-0.2, -0.15) is 5.10 Å². The molecule has 2 aliphatic heterocycles. The molecule has 0 bridgehead atoms. The minimum Gasteiger partial charge on any atom is -0.382 e. The van der Waals surface area contributed by atoms with Gasteiger partial charge in [0.05, 0.1) is 29.8 Å². The van der Waals surface area contributed by atoms with E-state index in [2.05, 4.69) is 5.10 Å². The summed E-state index contributed by atoms with van der Waals surface area (Å²) in [5, 5.41) is 4.29. The highest BCUT2D eigenvalue weighted by Gasteiger charge is 2.31. The Morgan fingerprint density at radius 1 is 1.47 bits per heavy atom. The molecule has 1 saturated heterocycles. The van der Waals surface area contributed by atoms with Crippen molar-refractivity contribution in [2.45, 2.75) is 24.6 Å². The first-order valence-corrected chi connectivity index (χ1v) is 7.53. The minimum absolute atomic E-state index is 0.0586. The molecule has 0 spiro atoms. The Bertz CT molecular complexity index is 543. The molecule has 17 heavy (non-hydrogen) atoms. The van der Waals surface area contributed by atoms with Gasteiger partial charge >= 0.3 is 0 Å². The Labute approximate surface area is 99.7 Å². The Hall–Kier alpha value is -1.08. The monoisotopic (exact) mass is 257 g/mol. The number of anilines is 1. The van der Waals surface area contributed by atoms with Gasteiger partial charge in [0.25, 0.3) is 0 Å². The maximum atomic E-state index is 11.7. The normalized spacial score (nSPS) is 26.9. The molecule has 1 aromatic rings. The van der Waals surface area contributed by atoms with E-state index in [1.807, 2.05) is 0 Å². The maximum Gasteiger partial charge on any atom is 0.156 e. The molecule has 6 nitrogen and oxygen atoms in total. The molecular formula is C10H15N3O3S. The second kappa shape index (κ2) is 3.71. The lowest BCUT2D eigenvalue weighted by Gasteiger charge is -2.17. The number of nitrogen functional groups attached to an aromatic ring is 1. The summed E-state index contributed by atoms with van der Waals surface area (Å²) in [6.07, 6.45) is 1.35. The Balaban J connectivity index is 2.06. The minimum atomic E-state index is -2.99. The van der Waals surface area contributed by atoms with Crippen LogP contribution in [0.2, 0.25) is 0 Å². The largest absolute Gasteiger partial charge is 0.382 e. The molecule has 0 aliphatic carbocycles. The van der Waals surface area contributed by atoms with Crippen LogP contribution >= 0.6 is 0 Å². The average molecular weight is 257 g/mol. The van der Waals surface area contributed by atoms with Crippen molar-refractivity contribution < 1.29 is 13.2 Å². The van der Waals surface area contributed by atoms with E-state index in [0.29, 0.717) is 25.5 Å². The second-order valence-corrected chi connectivity index (χ2v) is 6.80. The Morgan fingerprint density at radius 3 is 3.00 bits per heavy atom. The van der Waals surface area contributed by atoms with Gasteiger partial charge in [-0.25, -0.2) is 8.42 Å². The third kappa shape index (κ3) is 1.83. The van der Waals surface area contributed by atoms with E-state index in [-0.39, 0.29) is 17.5 Å². The van der Waals surface area contributed by atoms with Crippen molar-refractivity contribution in [2.24, 2.45) is 0 Å². The first-order chi connectivity index (χ1) is 8.07. The molecule has 0 saturated carbocycles. The van der Waals surface area contributed by atoms with Crippen molar-refractivity contribution in [3.63, 3.8) is 0 Å². The van der Waals surface area contributed by atoms with Crippen molar-refractivity contribution in [3.8, 4) is 0 Å². The van der Waals surface area contributed by atoms with Crippen LogP contribution in [-0.2, 0) is 26.7 Å². The van der Waals surface area contributed by atoms with Gasteiger partial charge in [-0.15, -0.1) is 0 Å². The summed E-state index contributed by atoms with van der Waals surface area (Å²) >= 11 is 0. The fourth-order valence-corrected chi connectivity index (χ4v) is 3.89. The molecule has 0 amide bonds. The molecule has 2 N–H and O–H groups in total. The predicted molar refractivity (Wildman–Crippen MR) is 62.3 cm³/mol. The molecule has 0 aromatic carbocycles. The summed E-state index contributed by atoms with van der Waals surface area (Å²) in [5.74, 6) is 0.710. The zero-order valence-electron chi connectivity index (χ0n) is 9.42. The third-order valence-electron chi connectivity index (χ3n) is 3.42. The molecule has 1 atom stereocenters. The topological polar surface area (TPSA) is 87.2 Å². The first-order valence-electron chi connectivity index (χ1n) is 5.71. The number of nitrogens with zero attached hydrogens (tertiary/aromatic N) is 2. The number of aromatic nitrogens is 2. The zero-order chi connectivity index (χ0) is 12.0. The summed E-state index contributed by atoms with van der Waals surface area (Å²) in [4.78, 5) is 0. The molecule has 7 heteroatoms. The molecule has 1 aromatic heterocycles. The quantitative estimate of drug-likeness (QED) is 0.759. The summed E-state index contributed by atoms with van der Waals surface area (Å²) in [6.45, 7) is 1.29. The van der Waals surface area contributed by atoms with Crippen LogP contribution in [0.4, 0.5) is 5.82 Å². The van der Waals surface area contributed by atoms with Crippen molar-refractivity contribution in [2.75, 3.05) is 24.7 Å². The fraction of sp³-hybridized carbons (Fsp3) is 0.700. The van der Waals surface area contributed by atoms with Gasteiger partial charge in [0.15, 0.2) is 9.84 Å². The van der Waals surface area contributed by atoms with Crippen LogP contribution in [-0.4, -0.2) is 37.2 Å². The van der Waals surface area contributed by atoms with E-state index in [1.165, 1.54) is 0 Å². The van der Waals surface area contributed by atoms with Crippen molar-refractivity contribution in [1.82, 2.24) is 9.78 Å². The van der Waals surface area contributed by atoms with Crippen LogP contribution in [0.1, 0.15) is 23.7 Å². The lowest BCUT2D eigenvalue weighted by atomic mass is 10.1. The highest BCUT2D eigenvalue weighted by Crippen LogP contribution is 2.30. The lowest BCUT2D eigenvalue weighted by molar-refractivity contribution is 0.184. The van der Waals surface area contributed by atoms with Gasteiger partial charge in [-0.05, 0) is 12.8 Å². The van der Waals surface area contributed by atoms with E-state index in [1.54, 1.807) is 4.68 Å². The van der Waals surface area contributed by atoms with E-state index >= 15 is 0 Å². The van der Waals surface area contributed by atoms with E-state index in [4.69, 9.17) is 10.5 Å². The summed E-state index contributed by atoms with van der Waals surface area (Å²) in [5.41, 5.74) is 7.53.